The second kappa shape index (κ2) is 14.4. The zero-order chi connectivity index (χ0) is 29.4. The molecule has 0 unspecified atom stereocenters. The van der Waals surface area contributed by atoms with E-state index in [2.05, 4.69) is 20.6 Å². The molecule has 0 spiro atoms. The highest BCUT2D eigenvalue weighted by Gasteiger charge is 2.38. The summed E-state index contributed by atoms with van der Waals surface area (Å²) in [5, 5.41) is 37.2. The highest BCUT2D eigenvalue weighted by molar-refractivity contribution is 5.78. The molecule has 1 amide bonds. The fourth-order valence-electron chi connectivity index (χ4n) is 4.86. The lowest BCUT2D eigenvalue weighted by atomic mass is 9.90. The summed E-state index contributed by atoms with van der Waals surface area (Å²) in [6, 6.07) is 7.81. The predicted molar refractivity (Wildman–Crippen MR) is 147 cm³/mol. The molecule has 12 heteroatoms. The van der Waals surface area contributed by atoms with Crippen LogP contribution in [-0.4, -0.2) is 82.4 Å². The first-order chi connectivity index (χ1) is 19.8. The predicted octanol–water partition coefficient (Wildman–Crippen LogP) is 2.03. The van der Waals surface area contributed by atoms with E-state index >= 15 is 0 Å². The Hall–Kier alpha value is -3.55. The van der Waals surface area contributed by atoms with E-state index in [0.29, 0.717) is 35.3 Å². The summed E-state index contributed by atoms with van der Waals surface area (Å²) in [4.78, 5) is 21.1. The van der Waals surface area contributed by atoms with Crippen LogP contribution in [0, 0.1) is 11.6 Å². The van der Waals surface area contributed by atoms with Gasteiger partial charge in [0.2, 0.25) is 11.8 Å². The van der Waals surface area contributed by atoms with Gasteiger partial charge in [-0.2, -0.15) is 0 Å². The number of ether oxygens (including phenoxy) is 2. The molecule has 2 aromatic heterocycles. The first kappa shape index (κ1) is 30.4. The molecular weight excluding hydrogens is 538 g/mol. The molecule has 1 saturated heterocycles. The Morgan fingerprint density at radius 1 is 1.22 bits per heavy atom. The smallest absolute Gasteiger partial charge is 0.222 e. The van der Waals surface area contributed by atoms with Crippen LogP contribution in [0.3, 0.4) is 0 Å². The van der Waals surface area contributed by atoms with Gasteiger partial charge in [0, 0.05) is 42.5 Å². The van der Waals surface area contributed by atoms with E-state index < -0.39 is 36.1 Å². The zero-order valence-corrected chi connectivity index (χ0v) is 22.5. The van der Waals surface area contributed by atoms with Crippen molar-refractivity contribution in [2.24, 2.45) is 0 Å². The van der Waals surface area contributed by atoms with E-state index in [9.17, 15) is 23.8 Å². The number of nitrogens with zero attached hydrogens (tertiary/aromatic N) is 2. The van der Waals surface area contributed by atoms with Gasteiger partial charge in [0.05, 0.1) is 43.4 Å². The average Bonchev–Trinajstić information content (AvgIpc) is 2.99. The third-order valence-electron chi connectivity index (χ3n) is 6.96. The highest BCUT2D eigenvalue weighted by atomic mass is 19.1. The van der Waals surface area contributed by atoms with Crippen LogP contribution < -0.4 is 15.4 Å². The van der Waals surface area contributed by atoms with Crippen LogP contribution in [0.25, 0.3) is 17.1 Å². The molecule has 1 fully saturated rings. The van der Waals surface area contributed by atoms with Crippen molar-refractivity contribution >= 4 is 23.0 Å². The standard InChI is InChI=1S/C29H34F2N4O6/c1-40-26-9-7-22-27(35-26)19(10-12-33-22)28(38)29(39)23-8-6-21(24(41-23)16-25(37)34-13-14-36)32-11-2-3-17-15-18(30)4-5-20(17)31/h2-5,7,9-10,12,15,21,23-24,28-29,32,36,38-39H,6,8,11,13-14,16H2,1H3,(H,34,37)/b3-2+/t21-,23+,24-,28-,29+/m1/s1. The number of amides is 1. The summed E-state index contributed by atoms with van der Waals surface area (Å²) in [6.07, 6.45) is 1.24. The number of methoxy groups -OCH3 is 1. The largest absolute Gasteiger partial charge is 0.481 e. The number of hydrogen-bond acceptors (Lipinski definition) is 9. The van der Waals surface area contributed by atoms with E-state index in [1.807, 2.05) is 0 Å². The molecule has 220 valence electrons. The van der Waals surface area contributed by atoms with E-state index in [1.165, 1.54) is 19.4 Å². The zero-order valence-electron chi connectivity index (χ0n) is 22.5. The Bertz CT molecular complexity index is 1360. The molecular formula is C29H34F2N4O6. The molecule has 0 bridgehead atoms. The summed E-state index contributed by atoms with van der Waals surface area (Å²) < 4.78 is 38.7. The van der Waals surface area contributed by atoms with Crippen molar-refractivity contribution in [3.05, 3.63) is 71.4 Å². The first-order valence-electron chi connectivity index (χ1n) is 13.3. The van der Waals surface area contributed by atoms with Gasteiger partial charge in [-0.1, -0.05) is 12.2 Å². The van der Waals surface area contributed by atoms with Gasteiger partial charge in [-0.3, -0.25) is 9.78 Å². The van der Waals surface area contributed by atoms with Crippen molar-refractivity contribution in [3.8, 4) is 5.88 Å². The van der Waals surface area contributed by atoms with Gasteiger partial charge in [0.1, 0.15) is 23.8 Å². The Labute approximate surface area is 236 Å². The maximum Gasteiger partial charge on any atom is 0.222 e. The van der Waals surface area contributed by atoms with Crippen LogP contribution in [0.4, 0.5) is 8.78 Å². The maximum atomic E-state index is 13.9. The summed E-state index contributed by atoms with van der Waals surface area (Å²) >= 11 is 0. The average molecular weight is 573 g/mol. The molecule has 3 aromatic rings. The Morgan fingerprint density at radius 2 is 2.05 bits per heavy atom. The minimum Gasteiger partial charge on any atom is -0.481 e. The number of carbonyl (C=O) groups excluding carboxylic acids is 1. The van der Waals surface area contributed by atoms with Crippen LogP contribution >= 0.6 is 0 Å². The van der Waals surface area contributed by atoms with Crippen molar-refractivity contribution in [2.75, 3.05) is 26.8 Å². The van der Waals surface area contributed by atoms with Crippen LogP contribution in [0.2, 0.25) is 0 Å². The molecule has 0 saturated carbocycles. The van der Waals surface area contributed by atoms with Crippen LogP contribution in [0.1, 0.15) is 36.5 Å². The van der Waals surface area contributed by atoms with Gasteiger partial charge < -0.3 is 35.4 Å². The number of aromatic nitrogens is 2. The number of fused-ring (bicyclic) bond motifs is 1. The molecule has 0 radical (unpaired) electrons. The molecule has 1 aromatic carbocycles. The second-order valence-electron chi connectivity index (χ2n) is 9.71. The summed E-state index contributed by atoms with van der Waals surface area (Å²) in [7, 11) is 1.47. The molecule has 1 aliphatic rings. The molecule has 4 rings (SSSR count). The molecule has 10 nitrogen and oxygen atoms in total. The maximum absolute atomic E-state index is 13.9. The number of carbonyl (C=O) groups is 1. The van der Waals surface area contributed by atoms with Gasteiger partial charge in [0.25, 0.3) is 0 Å². The van der Waals surface area contributed by atoms with Gasteiger partial charge in [0.15, 0.2) is 0 Å². The number of nitrogens with one attached hydrogen (secondary N) is 2. The minimum absolute atomic E-state index is 0.0594. The van der Waals surface area contributed by atoms with E-state index in [-0.39, 0.29) is 43.6 Å². The van der Waals surface area contributed by atoms with E-state index in [1.54, 1.807) is 24.3 Å². The first-order valence-corrected chi connectivity index (χ1v) is 13.3. The molecule has 41 heavy (non-hydrogen) atoms. The summed E-state index contributed by atoms with van der Waals surface area (Å²) in [5.74, 6) is -1.11. The minimum atomic E-state index is -1.36. The van der Waals surface area contributed by atoms with Crippen molar-refractivity contribution in [1.82, 2.24) is 20.6 Å². The number of pyridine rings is 2. The second-order valence-corrected chi connectivity index (χ2v) is 9.71. The van der Waals surface area contributed by atoms with E-state index in [4.69, 9.17) is 14.6 Å². The van der Waals surface area contributed by atoms with Gasteiger partial charge in [-0.15, -0.1) is 0 Å². The van der Waals surface area contributed by atoms with E-state index in [0.717, 1.165) is 18.2 Å². The number of aliphatic hydroxyl groups excluding tert-OH is 3. The van der Waals surface area contributed by atoms with Crippen molar-refractivity contribution < 1.29 is 38.4 Å². The third kappa shape index (κ3) is 7.80. The quantitative estimate of drug-likeness (QED) is 0.220. The number of rotatable bonds is 12. The molecule has 3 heterocycles. The number of aliphatic hydroxyl groups is 3. The summed E-state index contributed by atoms with van der Waals surface area (Å²) in [5.41, 5.74) is 1.37. The van der Waals surface area contributed by atoms with Crippen molar-refractivity contribution in [1.29, 1.82) is 0 Å². The normalized spacial score (nSPS) is 20.7. The van der Waals surface area contributed by atoms with Gasteiger partial charge in [-0.25, -0.2) is 13.8 Å². The fraction of sp³-hybridized carbons (Fsp3) is 0.414. The number of hydrogen-bond donors (Lipinski definition) is 5. The number of benzene rings is 1. The Balaban J connectivity index is 1.46. The van der Waals surface area contributed by atoms with Gasteiger partial charge >= 0.3 is 0 Å². The highest BCUT2D eigenvalue weighted by Crippen LogP contribution is 2.32. The molecule has 0 aliphatic carbocycles. The fourth-order valence-corrected chi connectivity index (χ4v) is 4.86. The Kier molecular flexibility index (Phi) is 10.7. The van der Waals surface area contributed by atoms with Crippen LogP contribution in [0.5, 0.6) is 5.88 Å². The lowest BCUT2D eigenvalue weighted by molar-refractivity contribution is -0.153. The van der Waals surface area contributed by atoms with Crippen molar-refractivity contribution in [3.63, 3.8) is 0 Å². The molecule has 5 N–H and O–H groups in total. The van der Waals surface area contributed by atoms with Crippen LogP contribution in [0.15, 0.2) is 48.7 Å². The summed E-state index contributed by atoms with van der Waals surface area (Å²) in [6.45, 7) is 0.152. The third-order valence-corrected chi connectivity index (χ3v) is 6.96. The topological polar surface area (TPSA) is 146 Å². The lowest BCUT2D eigenvalue weighted by Gasteiger charge is -2.39. The molecule has 5 atom stereocenters. The monoisotopic (exact) mass is 572 g/mol. The van der Waals surface area contributed by atoms with Crippen molar-refractivity contribution in [2.45, 2.75) is 49.7 Å². The van der Waals surface area contributed by atoms with Gasteiger partial charge in [-0.05, 0) is 43.2 Å². The lowest BCUT2D eigenvalue weighted by Crippen LogP contribution is -2.52. The number of halogens is 2. The Morgan fingerprint density at radius 3 is 2.83 bits per heavy atom. The van der Waals surface area contributed by atoms with Crippen LogP contribution in [-0.2, 0) is 9.53 Å². The molecule has 1 aliphatic heterocycles. The SMILES string of the molecule is COc1ccc2nccc([C@@H](O)[C@@H](O)[C@@H]3CC[C@@H](NC/C=C/c4cc(F)ccc4F)[C@@H](CC(=O)NCCO)O3)c2n1.